The maximum Gasteiger partial charge on any atom is 0.331 e. The van der Waals surface area contributed by atoms with E-state index in [4.69, 9.17) is 4.42 Å². The smallest absolute Gasteiger partial charge is 0.331 e. The van der Waals surface area contributed by atoms with Gasteiger partial charge in [0.15, 0.2) is 0 Å². The van der Waals surface area contributed by atoms with Crippen molar-refractivity contribution in [3.8, 4) is 0 Å². The fourth-order valence-corrected chi connectivity index (χ4v) is 3.02. The molecule has 3 rings (SSSR count). The zero-order chi connectivity index (χ0) is 15.7. The molecule has 1 aliphatic heterocycles. The third-order valence-electron chi connectivity index (χ3n) is 4.12. The van der Waals surface area contributed by atoms with Crippen LogP contribution < -0.4 is 5.32 Å². The number of amides is 4. The maximum atomic E-state index is 12.6. The zero-order valence-electron chi connectivity index (χ0n) is 12.4. The molecule has 1 aromatic rings. The normalized spacial score (nSPS) is 22.3. The highest BCUT2D eigenvalue weighted by Gasteiger charge is 2.40. The van der Waals surface area contributed by atoms with Crippen LogP contribution in [0.1, 0.15) is 43.6 Å². The molecule has 0 unspecified atom stereocenters. The van der Waals surface area contributed by atoms with Gasteiger partial charge >= 0.3 is 6.03 Å². The Morgan fingerprint density at radius 3 is 2.55 bits per heavy atom. The Hall–Kier alpha value is -2.37. The molecule has 1 aliphatic carbocycles. The molecule has 1 N–H and O–H groups in total. The van der Waals surface area contributed by atoms with Gasteiger partial charge in [-0.2, -0.15) is 0 Å². The number of hydrogen-bond acceptors (Lipinski definition) is 4. The molecular formula is C16H18N2O4. The highest BCUT2D eigenvalue weighted by Crippen LogP contribution is 2.26. The molecule has 0 radical (unpaired) electrons. The van der Waals surface area contributed by atoms with E-state index in [-0.39, 0.29) is 11.6 Å². The molecule has 0 atom stereocenters. The van der Waals surface area contributed by atoms with Crippen molar-refractivity contribution in [3.05, 3.63) is 29.2 Å². The van der Waals surface area contributed by atoms with Crippen molar-refractivity contribution < 1.29 is 18.8 Å². The van der Waals surface area contributed by atoms with Gasteiger partial charge in [0.2, 0.25) is 0 Å². The van der Waals surface area contributed by atoms with E-state index in [9.17, 15) is 14.4 Å². The van der Waals surface area contributed by atoms with Gasteiger partial charge in [0.25, 0.3) is 11.8 Å². The number of imide groups is 2. The second-order valence-corrected chi connectivity index (χ2v) is 5.73. The Kier molecular flexibility index (Phi) is 3.83. The van der Waals surface area contributed by atoms with Gasteiger partial charge in [-0.3, -0.25) is 19.8 Å². The van der Waals surface area contributed by atoms with Crippen molar-refractivity contribution in [2.24, 2.45) is 0 Å². The summed E-state index contributed by atoms with van der Waals surface area (Å²) in [5, 5.41) is 2.25. The number of carbonyl (C=O) groups excluding carboxylic acids is 3. The molecule has 22 heavy (non-hydrogen) atoms. The monoisotopic (exact) mass is 302 g/mol. The summed E-state index contributed by atoms with van der Waals surface area (Å²) >= 11 is 0. The molecule has 6 nitrogen and oxygen atoms in total. The number of furan rings is 1. The number of aryl methyl sites for hydroxylation is 1. The van der Waals surface area contributed by atoms with E-state index in [1.807, 2.05) is 0 Å². The molecule has 2 aliphatic rings. The van der Waals surface area contributed by atoms with Crippen molar-refractivity contribution in [3.63, 3.8) is 0 Å². The summed E-state index contributed by atoms with van der Waals surface area (Å²) < 4.78 is 5.38. The number of nitrogens with zero attached hydrogens (tertiary/aromatic N) is 1. The third-order valence-corrected chi connectivity index (χ3v) is 4.12. The largest absolute Gasteiger partial charge is 0.462 e. The van der Waals surface area contributed by atoms with E-state index in [2.05, 4.69) is 5.32 Å². The first-order chi connectivity index (χ1) is 10.6. The number of urea groups is 1. The summed E-state index contributed by atoms with van der Waals surface area (Å²) in [4.78, 5) is 37.8. The first kappa shape index (κ1) is 14.6. The van der Waals surface area contributed by atoms with Gasteiger partial charge in [-0.1, -0.05) is 19.3 Å². The van der Waals surface area contributed by atoms with Gasteiger partial charge in [-0.15, -0.1) is 0 Å². The van der Waals surface area contributed by atoms with Crippen LogP contribution in [0.25, 0.3) is 6.08 Å². The van der Waals surface area contributed by atoms with Crippen molar-refractivity contribution in [1.82, 2.24) is 10.2 Å². The van der Waals surface area contributed by atoms with E-state index in [0.29, 0.717) is 11.5 Å². The van der Waals surface area contributed by atoms with Crippen molar-refractivity contribution in [2.45, 2.75) is 45.1 Å². The van der Waals surface area contributed by atoms with Crippen LogP contribution >= 0.6 is 0 Å². The number of carbonyl (C=O) groups is 3. The van der Waals surface area contributed by atoms with E-state index in [0.717, 1.165) is 32.1 Å². The first-order valence-corrected chi connectivity index (χ1v) is 7.53. The summed E-state index contributed by atoms with van der Waals surface area (Å²) in [7, 11) is 0. The number of rotatable bonds is 2. The van der Waals surface area contributed by atoms with E-state index in [1.165, 1.54) is 11.0 Å². The second-order valence-electron chi connectivity index (χ2n) is 5.73. The second kappa shape index (κ2) is 5.79. The Morgan fingerprint density at radius 2 is 1.91 bits per heavy atom. The van der Waals surface area contributed by atoms with Crippen LogP contribution in [0, 0.1) is 6.92 Å². The third kappa shape index (κ3) is 2.68. The molecular weight excluding hydrogens is 284 g/mol. The molecule has 1 saturated heterocycles. The minimum atomic E-state index is -0.670. The standard InChI is InChI=1S/C16H18N2O4/c1-10-7-8-12(22-10)9-13-14(19)17-16(21)18(15(13)20)11-5-3-2-4-6-11/h7-9,11H,2-6H2,1H3,(H,17,19,21). The van der Waals surface area contributed by atoms with Crippen molar-refractivity contribution in [1.29, 1.82) is 0 Å². The fourth-order valence-electron chi connectivity index (χ4n) is 3.02. The van der Waals surface area contributed by atoms with Crippen LogP contribution in [0.4, 0.5) is 4.79 Å². The first-order valence-electron chi connectivity index (χ1n) is 7.53. The van der Waals surface area contributed by atoms with Crippen LogP contribution in [0.15, 0.2) is 22.1 Å². The molecule has 0 spiro atoms. The van der Waals surface area contributed by atoms with Crippen molar-refractivity contribution >= 4 is 23.9 Å². The minimum absolute atomic E-state index is 0.0560. The van der Waals surface area contributed by atoms with Gasteiger partial charge in [0, 0.05) is 6.04 Å². The predicted octanol–water partition coefficient (Wildman–Crippen LogP) is 2.38. The molecule has 4 amide bonds. The van der Waals surface area contributed by atoms with Crippen molar-refractivity contribution in [2.75, 3.05) is 0 Å². The van der Waals surface area contributed by atoms with Crippen LogP contribution in [0.5, 0.6) is 0 Å². The van der Waals surface area contributed by atoms with Crippen LogP contribution in [-0.2, 0) is 9.59 Å². The number of hydrogen-bond donors (Lipinski definition) is 1. The molecule has 0 bridgehead atoms. The zero-order valence-corrected chi connectivity index (χ0v) is 12.4. The Labute approximate surface area is 128 Å². The topological polar surface area (TPSA) is 79.6 Å². The Bertz CT molecular complexity index is 653. The SMILES string of the molecule is Cc1ccc(C=C2C(=O)NC(=O)N(C3CCCCC3)C2=O)o1. The summed E-state index contributed by atoms with van der Waals surface area (Å²) in [6.45, 7) is 1.78. The van der Waals surface area contributed by atoms with Crippen LogP contribution in [0.3, 0.4) is 0 Å². The van der Waals surface area contributed by atoms with Gasteiger partial charge in [-0.05, 0) is 38.0 Å². The molecule has 116 valence electrons. The summed E-state index contributed by atoms with van der Waals surface area (Å²) in [5.41, 5.74) is -0.0560. The summed E-state index contributed by atoms with van der Waals surface area (Å²) in [6.07, 6.45) is 6.08. The Balaban J connectivity index is 1.90. The highest BCUT2D eigenvalue weighted by atomic mass is 16.3. The fraction of sp³-hybridized carbons (Fsp3) is 0.438. The lowest BCUT2D eigenvalue weighted by atomic mass is 9.93. The van der Waals surface area contributed by atoms with Gasteiger partial charge in [0.1, 0.15) is 17.1 Å². The highest BCUT2D eigenvalue weighted by molar-refractivity contribution is 6.31. The lowest BCUT2D eigenvalue weighted by Gasteiger charge is -2.35. The van der Waals surface area contributed by atoms with Crippen LogP contribution in [-0.4, -0.2) is 28.8 Å². The minimum Gasteiger partial charge on any atom is -0.462 e. The van der Waals surface area contributed by atoms with E-state index in [1.54, 1.807) is 19.1 Å². The molecule has 6 heteroatoms. The quantitative estimate of drug-likeness (QED) is 0.672. The average Bonchev–Trinajstić information content (AvgIpc) is 2.90. The van der Waals surface area contributed by atoms with E-state index >= 15 is 0 Å². The molecule has 2 fully saturated rings. The van der Waals surface area contributed by atoms with E-state index < -0.39 is 17.8 Å². The lowest BCUT2D eigenvalue weighted by Crippen LogP contribution is -2.58. The van der Waals surface area contributed by atoms with Crippen LogP contribution in [0.2, 0.25) is 0 Å². The van der Waals surface area contributed by atoms with Gasteiger partial charge < -0.3 is 4.42 Å². The maximum absolute atomic E-state index is 12.6. The molecule has 1 saturated carbocycles. The number of nitrogens with one attached hydrogen (secondary N) is 1. The predicted molar refractivity (Wildman–Crippen MR) is 78.7 cm³/mol. The van der Waals surface area contributed by atoms with Gasteiger partial charge in [0.05, 0.1) is 0 Å². The summed E-state index contributed by atoms with van der Waals surface area (Å²) in [6, 6.07) is 2.69. The van der Waals surface area contributed by atoms with Gasteiger partial charge in [-0.25, -0.2) is 4.79 Å². The molecule has 2 heterocycles. The molecule has 1 aromatic heterocycles. The average molecular weight is 302 g/mol. The number of barbiturate groups is 1. The molecule has 0 aromatic carbocycles. The Morgan fingerprint density at radius 1 is 1.18 bits per heavy atom. The summed E-state index contributed by atoms with van der Waals surface area (Å²) in [5.74, 6) is -0.0875. The lowest BCUT2D eigenvalue weighted by molar-refractivity contribution is -0.132.